The number of nitrogens with zero attached hydrogens (tertiary/aromatic N) is 2. The summed E-state index contributed by atoms with van der Waals surface area (Å²) in [7, 11) is 1.63. The second-order valence-electron chi connectivity index (χ2n) is 5.33. The smallest absolute Gasteiger partial charge is 0.255 e. The second-order valence-corrected chi connectivity index (χ2v) is 5.33. The molecule has 0 N–H and O–H groups in total. The fraction of sp³-hybridized carbons (Fsp3) is 0.158. The molecule has 1 aromatic carbocycles. The van der Waals surface area contributed by atoms with Crippen LogP contribution < -0.4 is 15.0 Å². The Hall–Kier alpha value is -3.08. The second kappa shape index (κ2) is 7.00. The van der Waals surface area contributed by atoms with Crippen molar-refractivity contribution in [3.8, 4) is 17.3 Å². The van der Waals surface area contributed by atoms with Gasteiger partial charge in [0.25, 0.3) is 5.56 Å². The number of ether oxygens (including phenoxy) is 2. The molecule has 0 radical (unpaired) electrons. The number of hydrogen-bond acceptors (Lipinski definition) is 4. The van der Waals surface area contributed by atoms with E-state index in [0.29, 0.717) is 12.5 Å². The normalized spacial score (nSPS) is 10.4. The van der Waals surface area contributed by atoms with Gasteiger partial charge < -0.3 is 9.47 Å². The molecule has 122 valence electrons. The van der Waals surface area contributed by atoms with Crippen LogP contribution in [0.5, 0.6) is 11.6 Å². The number of aryl methyl sites for hydroxylation is 1. The highest BCUT2D eigenvalue weighted by Gasteiger charge is 2.05. The lowest BCUT2D eigenvalue weighted by molar-refractivity contribution is 0.293. The molecule has 0 atom stereocenters. The number of benzene rings is 1. The summed E-state index contributed by atoms with van der Waals surface area (Å²) < 4.78 is 12.6. The van der Waals surface area contributed by atoms with Gasteiger partial charge in [-0.05, 0) is 36.8 Å². The minimum Gasteiger partial charge on any atom is -0.497 e. The Morgan fingerprint density at radius 1 is 1.08 bits per heavy atom. The van der Waals surface area contributed by atoms with Crippen molar-refractivity contribution in [2.45, 2.75) is 13.5 Å². The molecule has 0 spiro atoms. The van der Waals surface area contributed by atoms with Crippen LogP contribution in [0.25, 0.3) is 5.69 Å². The number of methoxy groups -OCH3 is 1. The van der Waals surface area contributed by atoms with Gasteiger partial charge in [0, 0.05) is 24.0 Å². The van der Waals surface area contributed by atoms with Crippen LogP contribution in [-0.4, -0.2) is 16.7 Å². The lowest BCUT2D eigenvalue weighted by Crippen LogP contribution is -2.18. The molecule has 0 fully saturated rings. The molecular formula is C19H18N2O3. The van der Waals surface area contributed by atoms with Gasteiger partial charge in [-0.25, -0.2) is 4.98 Å². The van der Waals surface area contributed by atoms with E-state index in [1.807, 2.05) is 37.3 Å². The van der Waals surface area contributed by atoms with E-state index < -0.39 is 0 Å². The van der Waals surface area contributed by atoms with Gasteiger partial charge in [-0.15, -0.1) is 0 Å². The van der Waals surface area contributed by atoms with Gasteiger partial charge in [0.05, 0.1) is 12.8 Å². The van der Waals surface area contributed by atoms with Crippen molar-refractivity contribution in [1.82, 2.24) is 9.55 Å². The fourth-order valence-corrected chi connectivity index (χ4v) is 2.46. The van der Waals surface area contributed by atoms with E-state index in [4.69, 9.17) is 9.47 Å². The van der Waals surface area contributed by atoms with Crippen LogP contribution in [-0.2, 0) is 6.61 Å². The third kappa shape index (κ3) is 3.46. The zero-order valence-electron chi connectivity index (χ0n) is 13.6. The highest BCUT2D eigenvalue weighted by Crippen LogP contribution is 2.17. The minimum absolute atomic E-state index is 0.0834. The molecule has 5 heteroatoms. The highest BCUT2D eigenvalue weighted by atomic mass is 16.5. The molecular weight excluding hydrogens is 304 g/mol. The molecule has 0 saturated heterocycles. The predicted molar refractivity (Wildman–Crippen MR) is 91.9 cm³/mol. The Balaban J connectivity index is 1.82. The quantitative estimate of drug-likeness (QED) is 0.724. The van der Waals surface area contributed by atoms with E-state index in [1.54, 1.807) is 36.1 Å². The SMILES string of the molecule is COc1cccc(COc2cc(-n3c(C)cccc3=O)ccn2)c1. The van der Waals surface area contributed by atoms with Crippen LogP contribution in [0.15, 0.2) is 65.6 Å². The van der Waals surface area contributed by atoms with Gasteiger partial charge >= 0.3 is 0 Å². The van der Waals surface area contributed by atoms with Crippen LogP contribution in [0.4, 0.5) is 0 Å². The third-order valence-corrected chi connectivity index (χ3v) is 3.65. The van der Waals surface area contributed by atoms with Crippen LogP contribution in [0, 0.1) is 6.92 Å². The summed E-state index contributed by atoms with van der Waals surface area (Å²) in [6, 6.07) is 16.4. The van der Waals surface area contributed by atoms with Crippen molar-refractivity contribution in [3.63, 3.8) is 0 Å². The monoisotopic (exact) mass is 322 g/mol. The molecule has 3 rings (SSSR count). The standard InChI is InChI=1S/C19H18N2O3/c1-14-5-3-8-19(22)21(14)16-9-10-20-18(12-16)24-13-15-6-4-7-17(11-15)23-2/h3-12H,13H2,1-2H3. The summed E-state index contributed by atoms with van der Waals surface area (Å²) in [5, 5.41) is 0. The maximum absolute atomic E-state index is 12.1. The number of pyridine rings is 2. The lowest BCUT2D eigenvalue weighted by atomic mass is 10.2. The van der Waals surface area contributed by atoms with E-state index in [-0.39, 0.29) is 5.56 Å². The summed E-state index contributed by atoms with van der Waals surface area (Å²) in [4.78, 5) is 16.3. The number of rotatable bonds is 5. The first-order valence-corrected chi connectivity index (χ1v) is 7.58. The van der Waals surface area contributed by atoms with E-state index in [2.05, 4.69) is 4.98 Å². The zero-order valence-corrected chi connectivity index (χ0v) is 13.6. The molecule has 0 amide bonds. The van der Waals surface area contributed by atoms with Crippen molar-refractivity contribution in [3.05, 3.63) is 82.4 Å². The molecule has 0 unspecified atom stereocenters. The Labute approximate surface area is 140 Å². The Morgan fingerprint density at radius 3 is 2.71 bits per heavy atom. The maximum Gasteiger partial charge on any atom is 0.255 e. The van der Waals surface area contributed by atoms with Crippen molar-refractivity contribution >= 4 is 0 Å². The summed E-state index contributed by atoms with van der Waals surface area (Å²) in [5.41, 5.74) is 2.48. The van der Waals surface area contributed by atoms with E-state index in [9.17, 15) is 4.79 Å². The Kier molecular flexibility index (Phi) is 4.61. The van der Waals surface area contributed by atoms with Gasteiger partial charge in [0.1, 0.15) is 12.4 Å². The predicted octanol–water partition coefficient (Wildman–Crippen LogP) is 3.13. The summed E-state index contributed by atoms with van der Waals surface area (Å²) >= 11 is 0. The first kappa shape index (κ1) is 15.8. The van der Waals surface area contributed by atoms with E-state index >= 15 is 0 Å². The van der Waals surface area contributed by atoms with E-state index in [1.165, 1.54) is 6.07 Å². The third-order valence-electron chi connectivity index (χ3n) is 3.65. The Bertz CT molecular complexity index is 903. The molecule has 0 saturated carbocycles. The van der Waals surface area contributed by atoms with Gasteiger partial charge in [-0.3, -0.25) is 9.36 Å². The van der Waals surface area contributed by atoms with Crippen LogP contribution in [0.3, 0.4) is 0 Å². The summed E-state index contributed by atoms with van der Waals surface area (Å²) in [6.07, 6.45) is 1.63. The first-order chi connectivity index (χ1) is 11.7. The average molecular weight is 322 g/mol. The fourth-order valence-electron chi connectivity index (χ4n) is 2.46. The van der Waals surface area contributed by atoms with Crippen molar-refractivity contribution in [1.29, 1.82) is 0 Å². The van der Waals surface area contributed by atoms with Crippen molar-refractivity contribution < 1.29 is 9.47 Å². The van der Waals surface area contributed by atoms with Crippen LogP contribution in [0.1, 0.15) is 11.3 Å². The topological polar surface area (TPSA) is 53.4 Å². The first-order valence-electron chi connectivity index (χ1n) is 7.58. The largest absolute Gasteiger partial charge is 0.497 e. The molecule has 0 aliphatic carbocycles. The average Bonchev–Trinajstić information content (AvgIpc) is 2.60. The molecule has 24 heavy (non-hydrogen) atoms. The van der Waals surface area contributed by atoms with Crippen LogP contribution in [0.2, 0.25) is 0 Å². The molecule has 0 aliphatic rings. The maximum atomic E-state index is 12.1. The van der Waals surface area contributed by atoms with Gasteiger partial charge in [0.15, 0.2) is 0 Å². The van der Waals surface area contributed by atoms with Gasteiger partial charge in [-0.2, -0.15) is 0 Å². The molecule has 5 nitrogen and oxygen atoms in total. The molecule has 0 bridgehead atoms. The summed E-state index contributed by atoms with van der Waals surface area (Å²) in [5.74, 6) is 1.25. The lowest BCUT2D eigenvalue weighted by Gasteiger charge is -2.11. The molecule has 2 aromatic heterocycles. The van der Waals surface area contributed by atoms with Crippen molar-refractivity contribution in [2.75, 3.05) is 7.11 Å². The van der Waals surface area contributed by atoms with Gasteiger partial charge in [-0.1, -0.05) is 18.2 Å². The number of hydrogen-bond donors (Lipinski definition) is 0. The van der Waals surface area contributed by atoms with E-state index in [0.717, 1.165) is 22.7 Å². The molecule has 2 heterocycles. The number of aromatic nitrogens is 2. The minimum atomic E-state index is -0.0834. The van der Waals surface area contributed by atoms with Crippen molar-refractivity contribution in [2.24, 2.45) is 0 Å². The Morgan fingerprint density at radius 2 is 1.92 bits per heavy atom. The zero-order chi connectivity index (χ0) is 16.9. The highest BCUT2D eigenvalue weighted by molar-refractivity contribution is 5.37. The van der Waals surface area contributed by atoms with Gasteiger partial charge in [0.2, 0.25) is 5.88 Å². The van der Waals surface area contributed by atoms with Crippen LogP contribution >= 0.6 is 0 Å². The summed E-state index contributed by atoms with van der Waals surface area (Å²) in [6.45, 7) is 2.26. The molecule has 0 aliphatic heterocycles. The molecule has 3 aromatic rings.